The number of likely N-dealkylation sites (N-methyl/N-ethyl adjacent to an activating group) is 1. The number of ether oxygens (including phenoxy) is 2. The summed E-state index contributed by atoms with van der Waals surface area (Å²) in [7, 11) is 3.33. The van der Waals surface area contributed by atoms with Crippen LogP contribution in [0.25, 0.3) is 0 Å². The van der Waals surface area contributed by atoms with E-state index >= 15 is 0 Å². The monoisotopic (exact) mass is 321 g/mol. The van der Waals surface area contributed by atoms with Gasteiger partial charge >= 0.3 is 0 Å². The summed E-state index contributed by atoms with van der Waals surface area (Å²) in [6.07, 6.45) is 1.57. The van der Waals surface area contributed by atoms with Gasteiger partial charge in [-0.15, -0.1) is 0 Å². The maximum Gasteiger partial charge on any atom is 0.296 e. The molecule has 2 rings (SSSR count). The summed E-state index contributed by atoms with van der Waals surface area (Å²) >= 11 is 0. The second-order valence-corrected chi connectivity index (χ2v) is 4.88. The molecule has 1 aromatic rings. The molecular weight excluding hydrogens is 302 g/mol. The lowest BCUT2D eigenvalue weighted by Gasteiger charge is -2.26. The highest BCUT2D eigenvalue weighted by atomic mass is 16.6. The minimum Gasteiger partial charge on any atom is -0.491 e. The molecule has 0 unspecified atom stereocenters. The van der Waals surface area contributed by atoms with E-state index in [1.54, 1.807) is 37.3 Å². The van der Waals surface area contributed by atoms with Crippen LogP contribution in [0.5, 0.6) is 5.75 Å². The Bertz CT molecular complexity index is 632. The highest BCUT2D eigenvalue weighted by Crippen LogP contribution is 2.30. The van der Waals surface area contributed by atoms with Crippen LogP contribution in [0.4, 0.5) is 11.4 Å². The first-order valence-corrected chi connectivity index (χ1v) is 6.93. The number of nitrogens with zero attached hydrogens (tertiary/aromatic N) is 2. The van der Waals surface area contributed by atoms with E-state index in [-0.39, 0.29) is 5.69 Å². The van der Waals surface area contributed by atoms with Crippen molar-refractivity contribution >= 4 is 17.2 Å². The van der Waals surface area contributed by atoms with Crippen LogP contribution < -0.4 is 15.4 Å². The summed E-state index contributed by atoms with van der Waals surface area (Å²) in [4.78, 5) is 12.5. The van der Waals surface area contributed by atoms with Crippen LogP contribution in [0.15, 0.2) is 30.1 Å². The fraction of sp³-hybridized carbons (Fsp3) is 0.357. The molecule has 0 amide bonds. The standard InChI is InChI=1S/C14H19N5O4/c1-18-9-16-14(8-13(18)15)17-11-4-3-10(23-6-5-22-2)7-12(11)19(20)21/h3-4,7-8,15-17H,5-6,9H2,1-2H3. The summed E-state index contributed by atoms with van der Waals surface area (Å²) in [6, 6.07) is 4.58. The third-order valence-electron chi connectivity index (χ3n) is 3.19. The van der Waals surface area contributed by atoms with Crippen molar-refractivity contribution in [3.8, 4) is 5.75 Å². The molecule has 9 heteroatoms. The second kappa shape index (κ2) is 7.45. The zero-order valence-electron chi connectivity index (χ0n) is 13.0. The number of amidine groups is 1. The highest BCUT2D eigenvalue weighted by Gasteiger charge is 2.18. The van der Waals surface area contributed by atoms with Gasteiger partial charge in [0.25, 0.3) is 5.69 Å². The van der Waals surface area contributed by atoms with Crippen molar-refractivity contribution in [1.29, 1.82) is 5.41 Å². The Balaban J connectivity index is 2.16. The van der Waals surface area contributed by atoms with Gasteiger partial charge in [0.15, 0.2) is 0 Å². The van der Waals surface area contributed by atoms with E-state index in [4.69, 9.17) is 14.9 Å². The molecule has 0 saturated carbocycles. The Morgan fingerprint density at radius 1 is 1.48 bits per heavy atom. The van der Waals surface area contributed by atoms with Gasteiger partial charge in [-0.2, -0.15) is 0 Å². The van der Waals surface area contributed by atoms with E-state index in [1.807, 2.05) is 0 Å². The summed E-state index contributed by atoms with van der Waals surface area (Å²) in [5.41, 5.74) is 0.221. The smallest absolute Gasteiger partial charge is 0.296 e. The lowest BCUT2D eigenvalue weighted by molar-refractivity contribution is -0.384. The van der Waals surface area contributed by atoms with Crippen molar-refractivity contribution in [1.82, 2.24) is 10.2 Å². The first kappa shape index (κ1) is 16.6. The van der Waals surface area contributed by atoms with Gasteiger partial charge < -0.3 is 25.0 Å². The zero-order valence-corrected chi connectivity index (χ0v) is 13.0. The summed E-state index contributed by atoms with van der Waals surface area (Å²) in [6.45, 7) is 1.17. The maximum absolute atomic E-state index is 11.3. The third-order valence-corrected chi connectivity index (χ3v) is 3.19. The summed E-state index contributed by atoms with van der Waals surface area (Å²) in [5, 5.41) is 25.0. The highest BCUT2D eigenvalue weighted by molar-refractivity contribution is 5.92. The number of anilines is 1. The van der Waals surface area contributed by atoms with Gasteiger partial charge in [-0.05, 0) is 12.1 Å². The van der Waals surface area contributed by atoms with Crippen molar-refractivity contribution < 1.29 is 14.4 Å². The number of methoxy groups -OCH3 is 1. The van der Waals surface area contributed by atoms with Crippen LogP contribution in [0.1, 0.15) is 0 Å². The van der Waals surface area contributed by atoms with Crippen LogP contribution in [-0.4, -0.2) is 49.7 Å². The molecule has 1 aromatic carbocycles. The van der Waals surface area contributed by atoms with Crippen LogP contribution in [-0.2, 0) is 4.74 Å². The molecule has 0 atom stereocenters. The Labute approximate surface area is 133 Å². The molecule has 124 valence electrons. The molecule has 1 aliphatic heterocycles. The Hall–Kier alpha value is -2.81. The lowest BCUT2D eigenvalue weighted by Crippen LogP contribution is -2.41. The van der Waals surface area contributed by atoms with Gasteiger partial charge in [0.1, 0.15) is 29.7 Å². The SMILES string of the molecule is COCCOc1ccc(NC2=CC(=N)N(C)CN2)c([N+](=O)[O-])c1. The number of nitrogens with one attached hydrogen (secondary N) is 3. The minimum absolute atomic E-state index is 0.104. The predicted molar refractivity (Wildman–Crippen MR) is 85.7 cm³/mol. The molecule has 1 heterocycles. The van der Waals surface area contributed by atoms with Gasteiger partial charge in [-0.1, -0.05) is 0 Å². The van der Waals surface area contributed by atoms with Crippen molar-refractivity contribution in [3.63, 3.8) is 0 Å². The molecule has 0 spiro atoms. The molecule has 0 aliphatic carbocycles. The second-order valence-electron chi connectivity index (χ2n) is 4.88. The average molecular weight is 321 g/mol. The predicted octanol–water partition coefficient (Wildman–Crippen LogP) is 1.34. The van der Waals surface area contributed by atoms with Crippen molar-refractivity contribution in [2.75, 3.05) is 39.4 Å². The van der Waals surface area contributed by atoms with E-state index in [0.717, 1.165) is 0 Å². The minimum atomic E-state index is -0.480. The molecule has 0 fully saturated rings. The van der Waals surface area contributed by atoms with E-state index in [1.165, 1.54) is 6.07 Å². The molecular formula is C14H19N5O4. The molecule has 0 bridgehead atoms. The fourth-order valence-electron chi connectivity index (χ4n) is 1.91. The Morgan fingerprint density at radius 3 is 2.91 bits per heavy atom. The van der Waals surface area contributed by atoms with Gasteiger partial charge in [0, 0.05) is 20.2 Å². The number of rotatable bonds is 7. The molecule has 0 aromatic heterocycles. The largest absolute Gasteiger partial charge is 0.491 e. The maximum atomic E-state index is 11.3. The van der Waals surface area contributed by atoms with E-state index < -0.39 is 4.92 Å². The first-order valence-electron chi connectivity index (χ1n) is 6.93. The van der Waals surface area contributed by atoms with Crippen molar-refractivity contribution in [3.05, 3.63) is 40.2 Å². The zero-order chi connectivity index (χ0) is 16.8. The van der Waals surface area contributed by atoms with Crippen LogP contribution in [0, 0.1) is 15.5 Å². The van der Waals surface area contributed by atoms with E-state index in [2.05, 4.69) is 10.6 Å². The molecule has 9 nitrogen and oxygen atoms in total. The topological polar surface area (TPSA) is 113 Å². The number of nitro groups is 1. The number of nitro benzene ring substituents is 1. The molecule has 1 aliphatic rings. The average Bonchev–Trinajstić information content (AvgIpc) is 2.52. The molecule has 23 heavy (non-hydrogen) atoms. The van der Waals surface area contributed by atoms with Gasteiger partial charge in [0.05, 0.1) is 24.3 Å². The molecule has 0 radical (unpaired) electrons. The quantitative estimate of drug-likeness (QED) is 0.394. The third kappa shape index (κ3) is 4.33. The van der Waals surface area contributed by atoms with E-state index in [0.29, 0.717) is 43.0 Å². The van der Waals surface area contributed by atoms with Gasteiger partial charge in [0.2, 0.25) is 0 Å². The first-order chi connectivity index (χ1) is 11.0. The molecule has 3 N–H and O–H groups in total. The Morgan fingerprint density at radius 2 is 2.26 bits per heavy atom. The normalized spacial score (nSPS) is 14.1. The summed E-state index contributed by atoms with van der Waals surface area (Å²) < 4.78 is 10.3. The summed E-state index contributed by atoms with van der Waals surface area (Å²) in [5.74, 6) is 1.25. The van der Waals surface area contributed by atoms with Crippen LogP contribution >= 0.6 is 0 Å². The molecule has 0 saturated heterocycles. The fourth-order valence-corrected chi connectivity index (χ4v) is 1.91. The van der Waals surface area contributed by atoms with Crippen LogP contribution in [0.3, 0.4) is 0 Å². The Kier molecular flexibility index (Phi) is 5.36. The number of hydrogen-bond donors (Lipinski definition) is 3. The van der Waals surface area contributed by atoms with E-state index in [9.17, 15) is 10.1 Å². The van der Waals surface area contributed by atoms with Crippen molar-refractivity contribution in [2.24, 2.45) is 0 Å². The number of hydrogen-bond acceptors (Lipinski definition) is 7. The number of benzene rings is 1. The van der Waals surface area contributed by atoms with Crippen molar-refractivity contribution in [2.45, 2.75) is 0 Å². The van der Waals surface area contributed by atoms with Crippen LogP contribution in [0.2, 0.25) is 0 Å². The van der Waals surface area contributed by atoms with Gasteiger partial charge in [-0.3, -0.25) is 15.5 Å². The lowest BCUT2D eigenvalue weighted by atomic mass is 10.2. The van der Waals surface area contributed by atoms with Gasteiger partial charge in [-0.25, -0.2) is 0 Å².